The van der Waals surface area contributed by atoms with Crippen molar-refractivity contribution in [3.05, 3.63) is 87.6 Å². The molecule has 0 saturated heterocycles. The van der Waals surface area contributed by atoms with Crippen LogP contribution in [0, 0.1) is 18.3 Å². The van der Waals surface area contributed by atoms with E-state index in [2.05, 4.69) is 11.4 Å². The summed E-state index contributed by atoms with van der Waals surface area (Å²) in [5, 5.41) is 14.0. The molecule has 1 N–H and O–H groups in total. The van der Waals surface area contributed by atoms with Gasteiger partial charge < -0.3 is 10.1 Å². The first-order valence-corrected chi connectivity index (χ1v) is 9.52. The van der Waals surface area contributed by atoms with Crippen molar-refractivity contribution in [3.63, 3.8) is 0 Å². The van der Waals surface area contributed by atoms with Gasteiger partial charge in [0.25, 0.3) is 5.91 Å². The molecule has 0 radical (unpaired) electrons. The van der Waals surface area contributed by atoms with Crippen LogP contribution in [0.1, 0.15) is 34.5 Å². The van der Waals surface area contributed by atoms with Crippen molar-refractivity contribution in [2.75, 3.05) is 0 Å². The van der Waals surface area contributed by atoms with E-state index in [1.165, 1.54) is 5.56 Å². The van der Waals surface area contributed by atoms with Crippen LogP contribution < -0.4 is 10.1 Å². The summed E-state index contributed by atoms with van der Waals surface area (Å²) in [7, 11) is 0. The highest BCUT2D eigenvalue weighted by Crippen LogP contribution is 2.26. The van der Waals surface area contributed by atoms with E-state index in [1.807, 2.05) is 48.7 Å². The van der Waals surface area contributed by atoms with E-state index in [-0.39, 0.29) is 11.9 Å². The fourth-order valence-corrected chi connectivity index (χ4v) is 3.46. The van der Waals surface area contributed by atoms with Gasteiger partial charge in [-0.2, -0.15) is 5.26 Å². The van der Waals surface area contributed by atoms with Gasteiger partial charge in [0.05, 0.1) is 17.7 Å². The van der Waals surface area contributed by atoms with E-state index < -0.39 is 6.10 Å². The summed E-state index contributed by atoms with van der Waals surface area (Å²) >= 11 is 1.61. The summed E-state index contributed by atoms with van der Waals surface area (Å²) in [6.45, 7) is 3.75. The predicted octanol–water partition coefficient (Wildman–Crippen LogP) is 4.60. The fourth-order valence-electron chi connectivity index (χ4n) is 2.66. The van der Waals surface area contributed by atoms with Gasteiger partial charge in [-0.1, -0.05) is 35.9 Å². The quantitative estimate of drug-likeness (QED) is 0.684. The molecule has 5 heteroatoms. The van der Waals surface area contributed by atoms with E-state index in [1.54, 1.807) is 42.5 Å². The number of hydrogen-bond donors (Lipinski definition) is 1. The van der Waals surface area contributed by atoms with Crippen LogP contribution in [0.25, 0.3) is 0 Å². The van der Waals surface area contributed by atoms with Crippen LogP contribution >= 0.6 is 11.3 Å². The van der Waals surface area contributed by atoms with Gasteiger partial charge in [-0.05, 0) is 55.1 Å². The zero-order chi connectivity index (χ0) is 19.2. The number of nitrogens with one attached hydrogen (secondary N) is 1. The van der Waals surface area contributed by atoms with Crippen LogP contribution in [-0.4, -0.2) is 12.0 Å². The SMILES string of the molecule is Cc1ccc([C@@H](NC(=O)[C@H](C)Oc2ccc(C#N)cc2)c2cccs2)cc1. The molecule has 27 heavy (non-hydrogen) atoms. The average molecular weight is 376 g/mol. The molecule has 0 saturated carbocycles. The largest absolute Gasteiger partial charge is 0.481 e. The number of thiophene rings is 1. The molecule has 0 aliphatic heterocycles. The van der Waals surface area contributed by atoms with Gasteiger partial charge >= 0.3 is 0 Å². The molecule has 1 amide bonds. The minimum Gasteiger partial charge on any atom is -0.481 e. The van der Waals surface area contributed by atoms with E-state index in [4.69, 9.17) is 10.00 Å². The van der Waals surface area contributed by atoms with E-state index in [0.29, 0.717) is 11.3 Å². The lowest BCUT2D eigenvalue weighted by atomic mass is 10.0. The summed E-state index contributed by atoms with van der Waals surface area (Å²) in [4.78, 5) is 13.8. The lowest BCUT2D eigenvalue weighted by Gasteiger charge is -2.21. The molecule has 0 aliphatic rings. The highest BCUT2D eigenvalue weighted by Gasteiger charge is 2.22. The van der Waals surface area contributed by atoms with Gasteiger partial charge in [-0.3, -0.25) is 4.79 Å². The Hall–Kier alpha value is -3.10. The van der Waals surface area contributed by atoms with Crippen LogP contribution in [0.5, 0.6) is 5.75 Å². The lowest BCUT2D eigenvalue weighted by molar-refractivity contribution is -0.127. The number of nitriles is 1. The zero-order valence-corrected chi connectivity index (χ0v) is 16.0. The molecule has 3 rings (SSSR count). The summed E-state index contributed by atoms with van der Waals surface area (Å²) in [6.07, 6.45) is -0.661. The van der Waals surface area contributed by atoms with Crippen LogP contribution in [0.15, 0.2) is 66.0 Å². The second-order valence-corrected chi connectivity index (χ2v) is 7.24. The Morgan fingerprint density at radius 3 is 2.41 bits per heavy atom. The van der Waals surface area contributed by atoms with Gasteiger partial charge in [0.15, 0.2) is 6.10 Å². The molecule has 0 fully saturated rings. The highest BCUT2D eigenvalue weighted by atomic mass is 32.1. The first-order chi connectivity index (χ1) is 13.1. The third-order valence-electron chi connectivity index (χ3n) is 4.19. The Balaban J connectivity index is 1.73. The summed E-state index contributed by atoms with van der Waals surface area (Å²) in [5.41, 5.74) is 2.76. The average Bonchev–Trinajstić information content (AvgIpc) is 3.22. The first-order valence-electron chi connectivity index (χ1n) is 8.64. The van der Waals surface area contributed by atoms with E-state index in [9.17, 15) is 4.79 Å². The van der Waals surface area contributed by atoms with Crippen LogP contribution in [-0.2, 0) is 4.79 Å². The molecular weight excluding hydrogens is 356 g/mol. The number of aryl methyl sites for hydroxylation is 1. The second kappa shape index (κ2) is 8.52. The third kappa shape index (κ3) is 4.75. The molecule has 1 aromatic heterocycles. The predicted molar refractivity (Wildman–Crippen MR) is 107 cm³/mol. The number of hydrogen-bond acceptors (Lipinski definition) is 4. The van der Waals surface area contributed by atoms with Gasteiger partial charge in [0.2, 0.25) is 0 Å². The van der Waals surface area contributed by atoms with Crippen molar-refractivity contribution in [1.82, 2.24) is 5.32 Å². The van der Waals surface area contributed by atoms with Crippen molar-refractivity contribution in [2.45, 2.75) is 26.0 Å². The number of carbonyl (C=O) groups is 1. The maximum atomic E-state index is 12.7. The summed E-state index contributed by atoms with van der Waals surface area (Å²) < 4.78 is 5.73. The molecule has 4 nitrogen and oxygen atoms in total. The lowest BCUT2D eigenvalue weighted by Crippen LogP contribution is -2.38. The van der Waals surface area contributed by atoms with Crippen molar-refractivity contribution in [1.29, 1.82) is 5.26 Å². The molecule has 136 valence electrons. The van der Waals surface area contributed by atoms with E-state index >= 15 is 0 Å². The topological polar surface area (TPSA) is 62.1 Å². The number of benzene rings is 2. The van der Waals surface area contributed by atoms with E-state index in [0.717, 1.165) is 10.4 Å². The Kier molecular flexibility index (Phi) is 5.90. The molecule has 0 bridgehead atoms. The molecule has 1 heterocycles. The Morgan fingerprint density at radius 1 is 1.11 bits per heavy atom. The van der Waals surface area contributed by atoms with Crippen molar-refractivity contribution in [3.8, 4) is 11.8 Å². The van der Waals surface area contributed by atoms with Gasteiger partial charge in [-0.25, -0.2) is 0 Å². The highest BCUT2D eigenvalue weighted by molar-refractivity contribution is 7.10. The third-order valence-corrected chi connectivity index (χ3v) is 5.13. The number of carbonyl (C=O) groups excluding carboxylic acids is 1. The molecule has 0 aliphatic carbocycles. The molecule has 0 unspecified atom stereocenters. The second-order valence-electron chi connectivity index (χ2n) is 6.26. The molecule has 0 spiro atoms. The standard InChI is InChI=1S/C22H20N2O2S/c1-15-5-9-18(10-6-15)21(20-4-3-13-27-20)24-22(25)16(2)26-19-11-7-17(14-23)8-12-19/h3-13,16,21H,1-2H3,(H,24,25)/t16-,21+/m0/s1. The maximum absolute atomic E-state index is 12.7. The summed E-state index contributed by atoms with van der Waals surface area (Å²) in [6, 6.07) is 20.7. The minimum atomic E-state index is -0.661. The van der Waals surface area contributed by atoms with Crippen LogP contribution in [0.3, 0.4) is 0 Å². The zero-order valence-electron chi connectivity index (χ0n) is 15.2. The first kappa shape index (κ1) is 18.7. The van der Waals surface area contributed by atoms with Gasteiger partial charge in [-0.15, -0.1) is 11.3 Å². The number of nitrogens with zero attached hydrogens (tertiary/aromatic N) is 1. The molecule has 3 aromatic rings. The summed E-state index contributed by atoms with van der Waals surface area (Å²) in [5.74, 6) is 0.359. The smallest absolute Gasteiger partial charge is 0.261 e. The Morgan fingerprint density at radius 2 is 1.81 bits per heavy atom. The number of rotatable bonds is 6. The van der Waals surface area contributed by atoms with Crippen LogP contribution in [0.4, 0.5) is 0 Å². The Labute approximate surface area is 163 Å². The van der Waals surface area contributed by atoms with Crippen LogP contribution in [0.2, 0.25) is 0 Å². The van der Waals surface area contributed by atoms with Crippen molar-refractivity contribution < 1.29 is 9.53 Å². The van der Waals surface area contributed by atoms with Gasteiger partial charge in [0.1, 0.15) is 5.75 Å². The Bertz CT molecular complexity index is 926. The fraction of sp³-hybridized carbons (Fsp3) is 0.182. The number of amides is 1. The molecule has 2 aromatic carbocycles. The number of ether oxygens (including phenoxy) is 1. The van der Waals surface area contributed by atoms with Gasteiger partial charge in [0, 0.05) is 4.88 Å². The molecular formula is C22H20N2O2S. The molecule has 2 atom stereocenters. The monoisotopic (exact) mass is 376 g/mol. The van der Waals surface area contributed by atoms with Crippen molar-refractivity contribution >= 4 is 17.2 Å². The normalized spacial score (nSPS) is 12.6. The maximum Gasteiger partial charge on any atom is 0.261 e. The van der Waals surface area contributed by atoms with Crippen molar-refractivity contribution in [2.24, 2.45) is 0 Å². The minimum absolute atomic E-state index is 0.196.